The summed E-state index contributed by atoms with van der Waals surface area (Å²) in [6.45, 7) is 5.60. The lowest BCUT2D eigenvalue weighted by Gasteiger charge is -2.42. The molecule has 5 nitrogen and oxygen atoms in total. The molecule has 1 saturated heterocycles. The standard InChI is InChI=1S/C29H36F3N3O2/c1-3-4-9-34-13-19(14-34)29(37)18-11-23(31)26(24(32)12-18)28-27-22(21-7-5-6-8-25(21)33-27)10-17(2)35(28)15-20(30)16-36/h5-8,11-12,17,19-20,28-29,33,36-37H,3-4,9-10,13-16H2,1-2H3/t17-,20-,28-,29-/m1/s1. The smallest absolute Gasteiger partial charge is 0.136 e. The van der Waals surface area contributed by atoms with E-state index in [2.05, 4.69) is 16.8 Å². The number of benzene rings is 2. The molecule has 3 aromatic rings. The number of para-hydroxylation sites is 1. The minimum Gasteiger partial charge on any atom is -0.393 e. The molecule has 2 aromatic carbocycles. The monoisotopic (exact) mass is 515 g/mol. The summed E-state index contributed by atoms with van der Waals surface area (Å²) in [6, 6.07) is 9.07. The number of alkyl halides is 1. The molecule has 0 spiro atoms. The molecule has 8 heteroatoms. The molecule has 0 unspecified atom stereocenters. The van der Waals surface area contributed by atoms with Gasteiger partial charge in [-0.2, -0.15) is 0 Å². The van der Waals surface area contributed by atoms with Crippen LogP contribution in [-0.2, 0) is 6.42 Å². The maximum Gasteiger partial charge on any atom is 0.136 e. The zero-order chi connectivity index (χ0) is 26.3. The third-order valence-electron chi connectivity index (χ3n) is 8.10. The summed E-state index contributed by atoms with van der Waals surface area (Å²) in [4.78, 5) is 7.31. The van der Waals surface area contributed by atoms with Gasteiger partial charge in [-0.1, -0.05) is 31.5 Å². The lowest BCUT2D eigenvalue weighted by Crippen LogP contribution is -2.49. The summed E-state index contributed by atoms with van der Waals surface area (Å²) >= 11 is 0. The first-order valence-corrected chi connectivity index (χ1v) is 13.3. The summed E-state index contributed by atoms with van der Waals surface area (Å²) in [6.07, 6.45) is 0.272. The van der Waals surface area contributed by atoms with Crippen LogP contribution in [0.1, 0.15) is 61.2 Å². The number of fused-ring (bicyclic) bond motifs is 3. The molecule has 4 atom stereocenters. The van der Waals surface area contributed by atoms with Gasteiger partial charge in [0.15, 0.2) is 0 Å². The van der Waals surface area contributed by atoms with Gasteiger partial charge in [-0.15, -0.1) is 0 Å². The highest BCUT2D eigenvalue weighted by Gasteiger charge is 2.40. The van der Waals surface area contributed by atoms with E-state index in [0.717, 1.165) is 35.9 Å². The van der Waals surface area contributed by atoms with Crippen LogP contribution in [0.2, 0.25) is 0 Å². The number of aromatic nitrogens is 1. The summed E-state index contributed by atoms with van der Waals surface area (Å²) in [5.41, 5.74) is 2.52. The second-order valence-electron chi connectivity index (χ2n) is 10.7. The summed E-state index contributed by atoms with van der Waals surface area (Å²) in [5, 5.41) is 21.2. The van der Waals surface area contributed by atoms with Crippen molar-refractivity contribution in [2.75, 3.05) is 32.8 Å². The van der Waals surface area contributed by atoms with Crippen LogP contribution in [0.3, 0.4) is 0 Å². The predicted molar refractivity (Wildman–Crippen MR) is 138 cm³/mol. The van der Waals surface area contributed by atoms with E-state index in [-0.39, 0.29) is 29.6 Å². The maximum atomic E-state index is 15.8. The van der Waals surface area contributed by atoms with Gasteiger partial charge in [-0.05, 0) is 55.6 Å². The van der Waals surface area contributed by atoms with Gasteiger partial charge in [-0.3, -0.25) is 4.90 Å². The van der Waals surface area contributed by atoms with Crippen molar-refractivity contribution in [1.82, 2.24) is 14.8 Å². The van der Waals surface area contributed by atoms with E-state index < -0.39 is 36.6 Å². The SMILES string of the molecule is CCCCN1CC([C@H](O)c2cc(F)c([C@@H]3c4[nH]c5ccccc5c4C[C@@H](C)N3C[C@@H](F)CO)c(F)c2)C1. The topological polar surface area (TPSA) is 62.7 Å². The van der Waals surface area contributed by atoms with E-state index in [1.807, 2.05) is 31.2 Å². The molecule has 0 bridgehead atoms. The second kappa shape index (κ2) is 10.8. The average molecular weight is 516 g/mol. The molecule has 0 amide bonds. The van der Waals surface area contributed by atoms with Gasteiger partial charge in [0.25, 0.3) is 0 Å². The van der Waals surface area contributed by atoms with Crippen LogP contribution in [0, 0.1) is 17.6 Å². The van der Waals surface area contributed by atoms with Crippen molar-refractivity contribution in [2.45, 2.75) is 57.5 Å². The largest absolute Gasteiger partial charge is 0.393 e. The Labute approximate surface area is 215 Å². The lowest BCUT2D eigenvalue weighted by atomic mass is 9.85. The van der Waals surface area contributed by atoms with Crippen LogP contribution in [0.15, 0.2) is 36.4 Å². The predicted octanol–water partition coefficient (Wildman–Crippen LogP) is 4.88. The Bertz CT molecular complexity index is 1220. The third kappa shape index (κ3) is 4.92. The maximum absolute atomic E-state index is 15.8. The number of aliphatic hydroxyl groups is 2. The highest BCUT2D eigenvalue weighted by molar-refractivity contribution is 5.85. The van der Waals surface area contributed by atoms with Gasteiger partial charge >= 0.3 is 0 Å². The molecular weight excluding hydrogens is 479 g/mol. The number of aromatic amines is 1. The number of likely N-dealkylation sites (tertiary alicyclic amines) is 1. The Hall–Kier alpha value is -2.39. The van der Waals surface area contributed by atoms with Crippen LogP contribution in [0.4, 0.5) is 13.2 Å². The van der Waals surface area contributed by atoms with Crippen LogP contribution in [0.25, 0.3) is 10.9 Å². The van der Waals surface area contributed by atoms with E-state index in [1.54, 1.807) is 4.90 Å². The number of halogens is 3. The number of hydrogen-bond donors (Lipinski definition) is 3. The molecule has 0 aliphatic carbocycles. The molecule has 37 heavy (non-hydrogen) atoms. The molecule has 3 N–H and O–H groups in total. The normalized spacial score (nSPS) is 22.7. The minimum absolute atomic E-state index is 0.0649. The number of aliphatic hydroxyl groups excluding tert-OH is 2. The Balaban J connectivity index is 1.51. The van der Waals surface area contributed by atoms with Crippen LogP contribution in [0.5, 0.6) is 0 Å². The fourth-order valence-corrected chi connectivity index (χ4v) is 6.07. The Morgan fingerprint density at radius 1 is 1.14 bits per heavy atom. The van der Waals surface area contributed by atoms with Gasteiger partial charge < -0.3 is 20.1 Å². The summed E-state index contributed by atoms with van der Waals surface area (Å²) < 4.78 is 46.1. The van der Waals surface area contributed by atoms with Crippen molar-refractivity contribution in [3.8, 4) is 0 Å². The van der Waals surface area contributed by atoms with Crippen molar-refractivity contribution in [3.05, 3.63) is 70.4 Å². The Kier molecular flexibility index (Phi) is 7.63. The average Bonchev–Trinajstić information content (AvgIpc) is 3.22. The summed E-state index contributed by atoms with van der Waals surface area (Å²) in [7, 11) is 0. The van der Waals surface area contributed by atoms with Gasteiger partial charge in [-0.25, -0.2) is 13.2 Å². The molecule has 200 valence electrons. The molecule has 2 aliphatic heterocycles. The fraction of sp³-hybridized carbons (Fsp3) is 0.517. The van der Waals surface area contributed by atoms with Crippen LogP contribution < -0.4 is 0 Å². The quantitative estimate of drug-likeness (QED) is 0.380. The van der Waals surface area contributed by atoms with E-state index in [1.165, 1.54) is 12.1 Å². The number of H-pyrrole nitrogens is 1. The van der Waals surface area contributed by atoms with Crippen molar-refractivity contribution in [1.29, 1.82) is 0 Å². The van der Waals surface area contributed by atoms with E-state index in [9.17, 15) is 14.6 Å². The molecule has 0 saturated carbocycles. The minimum atomic E-state index is -1.54. The van der Waals surface area contributed by atoms with E-state index in [0.29, 0.717) is 25.2 Å². The fourth-order valence-electron chi connectivity index (χ4n) is 6.07. The Morgan fingerprint density at radius 2 is 1.84 bits per heavy atom. The zero-order valence-corrected chi connectivity index (χ0v) is 21.4. The molecule has 2 aliphatic rings. The van der Waals surface area contributed by atoms with Gasteiger partial charge in [0, 0.05) is 53.8 Å². The number of nitrogens with zero attached hydrogens (tertiary/aromatic N) is 2. The number of rotatable bonds is 9. The van der Waals surface area contributed by atoms with E-state index in [4.69, 9.17) is 0 Å². The highest BCUT2D eigenvalue weighted by atomic mass is 19.1. The van der Waals surface area contributed by atoms with Gasteiger partial charge in [0.2, 0.25) is 0 Å². The summed E-state index contributed by atoms with van der Waals surface area (Å²) in [5.74, 6) is -1.58. The molecule has 5 rings (SSSR count). The number of nitrogens with one attached hydrogen (secondary N) is 1. The van der Waals surface area contributed by atoms with Crippen LogP contribution >= 0.6 is 0 Å². The number of unbranched alkanes of at least 4 members (excludes halogenated alkanes) is 1. The first kappa shape index (κ1) is 26.2. The number of hydrogen-bond acceptors (Lipinski definition) is 4. The van der Waals surface area contributed by atoms with Crippen molar-refractivity contribution >= 4 is 10.9 Å². The molecule has 0 radical (unpaired) electrons. The molecule has 1 fully saturated rings. The third-order valence-corrected chi connectivity index (χ3v) is 8.10. The molecular formula is C29H36F3N3O2. The van der Waals surface area contributed by atoms with Crippen molar-refractivity contribution in [3.63, 3.8) is 0 Å². The highest BCUT2D eigenvalue weighted by Crippen LogP contribution is 2.43. The lowest BCUT2D eigenvalue weighted by molar-refractivity contribution is -0.00583. The Morgan fingerprint density at radius 3 is 2.51 bits per heavy atom. The van der Waals surface area contributed by atoms with Gasteiger partial charge in [0.05, 0.1) is 18.8 Å². The zero-order valence-electron chi connectivity index (χ0n) is 21.4. The second-order valence-corrected chi connectivity index (χ2v) is 10.7. The first-order chi connectivity index (χ1) is 17.8. The first-order valence-electron chi connectivity index (χ1n) is 13.3. The van der Waals surface area contributed by atoms with Crippen molar-refractivity contribution < 1.29 is 23.4 Å². The molecule has 3 heterocycles. The van der Waals surface area contributed by atoms with Gasteiger partial charge in [0.1, 0.15) is 17.8 Å². The van der Waals surface area contributed by atoms with Crippen LogP contribution in [-0.4, -0.2) is 70.0 Å². The molecule has 1 aromatic heterocycles. The van der Waals surface area contributed by atoms with Crippen molar-refractivity contribution in [2.24, 2.45) is 5.92 Å². The van der Waals surface area contributed by atoms with E-state index >= 15 is 8.78 Å².